The van der Waals surface area contributed by atoms with Crippen molar-refractivity contribution in [1.82, 2.24) is 0 Å². The average molecular weight is 341 g/mol. The molecular formula is C20H44N4. The Morgan fingerprint density at radius 2 is 0.750 bits per heavy atom. The van der Waals surface area contributed by atoms with Gasteiger partial charge in [-0.3, -0.25) is 4.99 Å². The maximum Gasteiger partial charge on any atom is 0.185 e. The standard InChI is InChI=1S/C20H44N4/c21-18-16-14-12-10-8-6-4-2-1-3-5-7-9-11-13-15-17-19-24-20(22)23/h1-19,21H2,(H4,22,23,24). The van der Waals surface area contributed by atoms with Gasteiger partial charge in [-0.05, 0) is 19.4 Å². The molecule has 0 saturated heterocycles. The summed E-state index contributed by atoms with van der Waals surface area (Å²) in [6, 6.07) is 0. The summed E-state index contributed by atoms with van der Waals surface area (Å²) >= 11 is 0. The number of nitrogens with zero attached hydrogens (tertiary/aromatic N) is 1. The van der Waals surface area contributed by atoms with Crippen LogP contribution in [0.4, 0.5) is 0 Å². The monoisotopic (exact) mass is 340 g/mol. The number of hydrogen-bond donors (Lipinski definition) is 3. The largest absolute Gasteiger partial charge is 0.370 e. The van der Waals surface area contributed by atoms with E-state index in [1.165, 1.54) is 103 Å². The van der Waals surface area contributed by atoms with Crippen molar-refractivity contribution in [3.8, 4) is 0 Å². The molecule has 0 spiro atoms. The summed E-state index contributed by atoms with van der Waals surface area (Å²) < 4.78 is 0. The van der Waals surface area contributed by atoms with Crippen LogP contribution in [0.2, 0.25) is 0 Å². The van der Waals surface area contributed by atoms with Crippen LogP contribution in [0.15, 0.2) is 4.99 Å². The highest BCUT2D eigenvalue weighted by molar-refractivity contribution is 5.75. The number of hydrogen-bond acceptors (Lipinski definition) is 2. The summed E-state index contributed by atoms with van der Waals surface area (Å²) in [6.07, 6.45) is 23.2. The van der Waals surface area contributed by atoms with Crippen LogP contribution in [0.5, 0.6) is 0 Å². The number of aliphatic imine (C=N–C) groups is 1. The molecule has 0 radical (unpaired) electrons. The Morgan fingerprint density at radius 1 is 0.458 bits per heavy atom. The molecule has 0 aromatic carbocycles. The minimum Gasteiger partial charge on any atom is -0.370 e. The number of rotatable bonds is 19. The molecule has 0 aliphatic heterocycles. The smallest absolute Gasteiger partial charge is 0.185 e. The van der Waals surface area contributed by atoms with Crippen molar-refractivity contribution in [2.24, 2.45) is 22.2 Å². The second-order valence-corrected chi connectivity index (χ2v) is 7.11. The van der Waals surface area contributed by atoms with Crippen molar-refractivity contribution in [2.75, 3.05) is 13.1 Å². The van der Waals surface area contributed by atoms with Crippen molar-refractivity contribution in [3.05, 3.63) is 0 Å². The van der Waals surface area contributed by atoms with E-state index in [-0.39, 0.29) is 5.96 Å². The number of unbranched alkanes of at least 4 members (excludes halogenated alkanes) is 16. The van der Waals surface area contributed by atoms with Crippen molar-refractivity contribution in [1.29, 1.82) is 0 Å². The first-order valence-electron chi connectivity index (χ1n) is 10.5. The van der Waals surface area contributed by atoms with Crippen LogP contribution in [0.1, 0.15) is 109 Å². The lowest BCUT2D eigenvalue weighted by Crippen LogP contribution is -2.22. The molecule has 4 heteroatoms. The zero-order chi connectivity index (χ0) is 17.7. The van der Waals surface area contributed by atoms with E-state index >= 15 is 0 Å². The molecule has 0 aromatic heterocycles. The Bertz CT molecular complexity index is 262. The summed E-state index contributed by atoms with van der Waals surface area (Å²) in [7, 11) is 0. The maximum atomic E-state index is 5.50. The third-order valence-corrected chi connectivity index (χ3v) is 4.66. The summed E-state index contributed by atoms with van der Waals surface area (Å²) in [5, 5.41) is 0. The lowest BCUT2D eigenvalue weighted by atomic mass is 10.0. The van der Waals surface area contributed by atoms with Gasteiger partial charge < -0.3 is 17.2 Å². The molecule has 0 fully saturated rings. The predicted octanol–water partition coefficient (Wildman–Crippen LogP) is 4.85. The molecule has 0 amide bonds. The Labute approximate surface area is 151 Å². The van der Waals surface area contributed by atoms with E-state index < -0.39 is 0 Å². The van der Waals surface area contributed by atoms with Crippen LogP contribution in [-0.2, 0) is 0 Å². The van der Waals surface area contributed by atoms with E-state index in [0.717, 1.165) is 19.5 Å². The first kappa shape index (κ1) is 23.2. The molecule has 144 valence electrons. The first-order chi connectivity index (χ1) is 11.8. The highest BCUT2D eigenvalue weighted by Crippen LogP contribution is 2.13. The van der Waals surface area contributed by atoms with Crippen LogP contribution < -0.4 is 17.2 Å². The minimum atomic E-state index is 0.220. The van der Waals surface area contributed by atoms with E-state index in [0.29, 0.717) is 0 Å². The fraction of sp³-hybridized carbons (Fsp3) is 0.950. The fourth-order valence-corrected chi connectivity index (χ4v) is 3.12. The van der Waals surface area contributed by atoms with Gasteiger partial charge in [0.25, 0.3) is 0 Å². The molecule has 0 unspecified atom stereocenters. The molecule has 6 N–H and O–H groups in total. The van der Waals surface area contributed by atoms with Crippen molar-refractivity contribution < 1.29 is 0 Å². The maximum absolute atomic E-state index is 5.50. The third kappa shape index (κ3) is 21.2. The highest BCUT2D eigenvalue weighted by atomic mass is 15.0. The van der Waals surface area contributed by atoms with Crippen LogP contribution in [0.3, 0.4) is 0 Å². The summed E-state index contributed by atoms with van der Waals surface area (Å²) in [5.41, 5.74) is 16.1. The van der Waals surface area contributed by atoms with Crippen LogP contribution in [0, 0.1) is 0 Å². The first-order valence-corrected chi connectivity index (χ1v) is 10.5. The average Bonchev–Trinajstić information content (AvgIpc) is 2.56. The lowest BCUT2D eigenvalue weighted by Gasteiger charge is -2.03. The van der Waals surface area contributed by atoms with Gasteiger partial charge >= 0.3 is 0 Å². The summed E-state index contributed by atoms with van der Waals surface area (Å²) in [5.74, 6) is 0.220. The van der Waals surface area contributed by atoms with E-state index in [2.05, 4.69) is 4.99 Å². The van der Waals surface area contributed by atoms with Gasteiger partial charge in [-0.15, -0.1) is 0 Å². The molecule has 0 heterocycles. The van der Waals surface area contributed by atoms with Gasteiger partial charge in [0.15, 0.2) is 5.96 Å². The topological polar surface area (TPSA) is 90.4 Å². The Kier molecular flexibility index (Phi) is 19.6. The highest BCUT2D eigenvalue weighted by Gasteiger charge is 1.95. The van der Waals surface area contributed by atoms with E-state index in [1.807, 2.05) is 0 Å². The molecule has 0 saturated carbocycles. The van der Waals surface area contributed by atoms with Crippen LogP contribution in [-0.4, -0.2) is 19.0 Å². The molecule has 24 heavy (non-hydrogen) atoms. The van der Waals surface area contributed by atoms with Gasteiger partial charge in [0.1, 0.15) is 0 Å². The van der Waals surface area contributed by atoms with Crippen molar-refractivity contribution in [2.45, 2.75) is 109 Å². The van der Waals surface area contributed by atoms with E-state index in [4.69, 9.17) is 17.2 Å². The molecular weight excluding hydrogens is 296 g/mol. The van der Waals surface area contributed by atoms with E-state index in [9.17, 15) is 0 Å². The zero-order valence-corrected chi connectivity index (χ0v) is 16.1. The van der Waals surface area contributed by atoms with Crippen molar-refractivity contribution in [3.63, 3.8) is 0 Å². The second kappa shape index (κ2) is 20.3. The quantitative estimate of drug-likeness (QED) is 0.178. The van der Waals surface area contributed by atoms with E-state index in [1.54, 1.807) is 0 Å². The van der Waals surface area contributed by atoms with Crippen LogP contribution >= 0.6 is 0 Å². The van der Waals surface area contributed by atoms with Gasteiger partial charge in [-0.2, -0.15) is 0 Å². The van der Waals surface area contributed by atoms with Gasteiger partial charge in [0.2, 0.25) is 0 Å². The SMILES string of the molecule is NCCCCCCCCCCCCCCCCCCCN=C(N)N. The zero-order valence-electron chi connectivity index (χ0n) is 16.1. The predicted molar refractivity (Wildman–Crippen MR) is 108 cm³/mol. The molecule has 0 aliphatic carbocycles. The fourth-order valence-electron chi connectivity index (χ4n) is 3.12. The van der Waals surface area contributed by atoms with Crippen LogP contribution in [0.25, 0.3) is 0 Å². The minimum absolute atomic E-state index is 0.220. The number of nitrogens with two attached hydrogens (primary N) is 3. The second-order valence-electron chi connectivity index (χ2n) is 7.11. The molecule has 4 nitrogen and oxygen atoms in total. The van der Waals surface area contributed by atoms with Crippen molar-refractivity contribution >= 4 is 5.96 Å². The summed E-state index contributed by atoms with van der Waals surface area (Å²) in [6.45, 7) is 1.65. The van der Waals surface area contributed by atoms with Gasteiger partial charge in [0.05, 0.1) is 0 Å². The summed E-state index contributed by atoms with van der Waals surface area (Å²) in [4.78, 5) is 4.00. The van der Waals surface area contributed by atoms with Gasteiger partial charge in [-0.25, -0.2) is 0 Å². The molecule has 0 rings (SSSR count). The number of guanidine groups is 1. The molecule has 0 atom stereocenters. The molecule has 0 aromatic rings. The van der Waals surface area contributed by atoms with Gasteiger partial charge in [-0.1, -0.05) is 96.3 Å². The Morgan fingerprint density at radius 3 is 1.04 bits per heavy atom. The Hall–Kier alpha value is -0.770. The van der Waals surface area contributed by atoms with Gasteiger partial charge in [0, 0.05) is 6.54 Å². The molecule has 0 aliphatic rings. The normalized spacial score (nSPS) is 10.9. The Balaban J connectivity index is 2.99. The lowest BCUT2D eigenvalue weighted by molar-refractivity contribution is 0.526. The molecule has 0 bridgehead atoms. The third-order valence-electron chi connectivity index (χ3n) is 4.66.